The van der Waals surface area contributed by atoms with Gasteiger partial charge in [0.15, 0.2) is 11.6 Å². The first-order chi connectivity index (χ1) is 11.0. The smallest absolute Gasteiger partial charge is 0.306 e. The van der Waals surface area contributed by atoms with Gasteiger partial charge in [0.25, 0.3) is 0 Å². The summed E-state index contributed by atoms with van der Waals surface area (Å²) in [6, 6.07) is 0. The van der Waals surface area contributed by atoms with E-state index < -0.39 is 23.0 Å². The molecule has 3 rings (SSSR count). The minimum atomic E-state index is -1.03. The van der Waals surface area contributed by atoms with Crippen molar-refractivity contribution in [3.05, 3.63) is 0 Å². The van der Waals surface area contributed by atoms with Crippen LogP contribution in [0.15, 0.2) is 0 Å². The minimum Gasteiger partial charge on any atom is -0.469 e. The van der Waals surface area contributed by atoms with E-state index in [1.807, 2.05) is 0 Å². The van der Waals surface area contributed by atoms with Crippen LogP contribution < -0.4 is 0 Å². The summed E-state index contributed by atoms with van der Waals surface area (Å²) in [7, 11) is 1.33. The molecule has 7 heteroatoms. The molecule has 0 bridgehead atoms. The van der Waals surface area contributed by atoms with Gasteiger partial charge in [0.1, 0.15) is 5.78 Å². The number of esters is 1. The normalized spacial score (nSPS) is 26.9. The Morgan fingerprint density at radius 2 is 1.39 bits per heavy atom. The highest BCUT2D eigenvalue weighted by Crippen LogP contribution is 2.63. The maximum atomic E-state index is 12.3. The van der Waals surface area contributed by atoms with Gasteiger partial charge in [0, 0.05) is 25.7 Å². The first-order valence-corrected chi connectivity index (χ1v) is 8.17. The number of Topliss-reactive ketones (excluding diaryl/α,β-unsaturated/α-hetero) is 1. The summed E-state index contributed by atoms with van der Waals surface area (Å²) in [5.74, 6) is -2.47. The van der Waals surface area contributed by atoms with Gasteiger partial charge in [-0.2, -0.15) is 0 Å². The van der Waals surface area contributed by atoms with Crippen LogP contribution in [0.4, 0.5) is 0 Å². The van der Waals surface area contributed by atoms with Crippen LogP contribution in [-0.2, 0) is 33.3 Å². The van der Waals surface area contributed by atoms with Crippen LogP contribution in [-0.4, -0.2) is 56.9 Å². The Labute approximate surface area is 135 Å². The van der Waals surface area contributed by atoms with Crippen molar-refractivity contribution in [2.24, 2.45) is 5.41 Å². The van der Waals surface area contributed by atoms with Crippen molar-refractivity contribution in [1.82, 2.24) is 0 Å². The van der Waals surface area contributed by atoms with Gasteiger partial charge in [0.2, 0.25) is 0 Å². The van der Waals surface area contributed by atoms with E-state index in [1.54, 1.807) is 6.92 Å². The number of ketones is 1. The zero-order valence-corrected chi connectivity index (χ0v) is 13.7. The number of hydrogen-bond donors (Lipinski definition) is 0. The van der Waals surface area contributed by atoms with E-state index in [1.165, 1.54) is 7.11 Å². The fourth-order valence-electron chi connectivity index (χ4n) is 4.23. The highest BCUT2D eigenvalue weighted by molar-refractivity contribution is 5.81. The molecule has 3 aliphatic rings. The fraction of sp³-hybridized carbons (Fsp3) is 0.875. The number of methoxy groups -OCH3 is 1. The van der Waals surface area contributed by atoms with Crippen molar-refractivity contribution >= 4 is 11.8 Å². The molecule has 2 spiro atoms. The Morgan fingerprint density at radius 1 is 0.913 bits per heavy atom. The summed E-state index contributed by atoms with van der Waals surface area (Å²) in [6.07, 6.45) is 1.50. The SMILES string of the molecule is CCC(=O)CC1(CC(=O)OC)C2(CCC13OCCO3)OCCO2. The Balaban J connectivity index is 2.07. The zero-order valence-electron chi connectivity index (χ0n) is 13.7. The molecule has 23 heavy (non-hydrogen) atoms. The summed E-state index contributed by atoms with van der Waals surface area (Å²) >= 11 is 0. The molecule has 7 nitrogen and oxygen atoms in total. The molecular weight excluding hydrogens is 304 g/mol. The molecule has 0 aromatic rings. The molecule has 0 unspecified atom stereocenters. The highest BCUT2D eigenvalue weighted by Gasteiger charge is 2.74. The van der Waals surface area contributed by atoms with Gasteiger partial charge in [-0.25, -0.2) is 0 Å². The van der Waals surface area contributed by atoms with Crippen molar-refractivity contribution in [1.29, 1.82) is 0 Å². The van der Waals surface area contributed by atoms with Gasteiger partial charge in [-0.15, -0.1) is 0 Å². The third kappa shape index (κ3) is 2.41. The first kappa shape index (κ1) is 16.8. The molecule has 2 aliphatic heterocycles. The molecule has 130 valence electrons. The van der Waals surface area contributed by atoms with E-state index in [0.29, 0.717) is 45.7 Å². The average Bonchev–Trinajstić information content (AvgIpc) is 3.26. The van der Waals surface area contributed by atoms with Crippen molar-refractivity contribution in [3.63, 3.8) is 0 Å². The van der Waals surface area contributed by atoms with Crippen LogP contribution in [0, 0.1) is 5.41 Å². The van der Waals surface area contributed by atoms with Crippen LogP contribution in [0.5, 0.6) is 0 Å². The molecule has 1 saturated carbocycles. The monoisotopic (exact) mass is 328 g/mol. The van der Waals surface area contributed by atoms with Crippen LogP contribution in [0.1, 0.15) is 39.0 Å². The summed E-state index contributed by atoms with van der Waals surface area (Å²) in [4.78, 5) is 24.5. The van der Waals surface area contributed by atoms with Crippen molar-refractivity contribution < 1.29 is 33.3 Å². The predicted octanol–water partition coefficient (Wildman–Crippen LogP) is 1.19. The Morgan fingerprint density at radius 3 is 1.78 bits per heavy atom. The Kier molecular flexibility index (Phi) is 4.48. The van der Waals surface area contributed by atoms with Crippen LogP contribution in [0.3, 0.4) is 0 Å². The van der Waals surface area contributed by atoms with Crippen molar-refractivity contribution in [2.45, 2.75) is 50.6 Å². The second-order valence-corrected chi connectivity index (χ2v) is 6.30. The van der Waals surface area contributed by atoms with E-state index in [4.69, 9.17) is 23.7 Å². The lowest BCUT2D eigenvalue weighted by atomic mass is 9.70. The number of ether oxygens (including phenoxy) is 5. The molecule has 0 aromatic carbocycles. The van der Waals surface area contributed by atoms with E-state index in [-0.39, 0.29) is 18.6 Å². The lowest BCUT2D eigenvalue weighted by Crippen LogP contribution is -2.59. The first-order valence-electron chi connectivity index (χ1n) is 8.17. The molecule has 2 saturated heterocycles. The van der Waals surface area contributed by atoms with Gasteiger partial charge in [0.05, 0.1) is 45.4 Å². The summed E-state index contributed by atoms with van der Waals surface area (Å²) in [5.41, 5.74) is -1.02. The second kappa shape index (κ2) is 6.12. The van der Waals surface area contributed by atoms with E-state index in [0.717, 1.165) is 0 Å². The van der Waals surface area contributed by atoms with Gasteiger partial charge < -0.3 is 23.7 Å². The molecule has 3 fully saturated rings. The molecule has 0 radical (unpaired) electrons. The largest absolute Gasteiger partial charge is 0.469 e. The number of hydrogen-bond acceptors (Lipinski definition) is 7. The molecule has 2 heterocycles. The van der Waals surface area contributed by atoms with E-state index in [9.17, 15) is 9.59 Å². The quantitative estimate of drug-likeness (QED) is 0.701. The van der Waals surface area contributed by atoms with E-state index >= 15 is 0 Å². The highest BCUT2D eigenvalue weighted by atomic mass is 16.8. The topological polar surface area (TPSA) is 80.3 Å². The third-order valence-electron chi connectivity index (χ3n) is 5.32. The average molecular weight is 328 g/mol. The molecular formula is C16H24O7. The number of carbonyl (C=O) groups is 2. The lowest BCUT2D eigenvalue weighted by molar-refractivity contribution is -0.307. The molecule has 0 amide bonds. The maximum Gasteiger partial charge on any atom is 0.306 e. The number of rotatable bonds is 5. The van der Waals surface area contributed by atoms with Crippen molar-refractivity contribution in [3.8, 4) is 0 Å². The van der Waals surface area contributed by atoms with Crippen LogP contribution in [0.25, 0.3) is 0 Å². The second-order valence-electron chi connectivity index (χ2n) is 6.30. The zero-order chi connectivity index (χ0) is 16.6. The number of carbonyl (C=O) groups excluding carboxylic acids is 2. The summed E-state index contributed by atoms with van der Waals surface area (Å²) in [6.45, 7) is 3.52. The molecule has 0 aromatic heterocycles. The summed E-state index contributed by atoms with van der Waals surface area (Å²) in [5, 5.41) is 0. The fourth-order valence-corrected chi connectivity index (χ4v) is 4.23. The van der Waals surface area contributed by atoms with Gasteiger partial charge in [-0.05, 0) is 0 Å². The maximum absolute atomic E-state index is 12.3. The molecule has 0 atom stereocenters. The minimum absolute atomic E-state index is 0.0211. The van der Waals surface area contributed by atoms with Gasteiger partial charge >= 0.3 is 5.97 Å². The predicted molar refractivity (Wildman–Crippen MR) is 77.5 cm³/mol. The van der Waals surface area contributed by atoms with E-state index in [2.05, 4.69) is 0 Å². The van der Waals surface area contributed by atoms with Gasteiger partial charge in [-0.1, -0.05) is 6.92 Å². The van der Waals surface area contributed by atoms with Crippen LogP contribution in [0.2, 0.25) is 0 Å². The third-order valence-corrected chi connectivity index (χ3v) is 5.32. The van der Waals surface area contributed by atoms with Crippen molar-refractivity contribution in [2.75, 3.05) is 33.5 Å². The Hall–Kier alpha value is -1.02. The molecule has 1 aliphatic carbocycles. The standard InChI is InChI=1S/C16H24O7/c1-3-12(17)10-14(11-13(18)19-2)15(20-6-7-21-15)4-5-16(14)22-8-9-23-16/h3-11H2,1-2H3. The lowest BCUT2D eigenvalue weighted by Gasteiger charge is -2.47. The molecule has 0 N–H and O–H groups in total. The van der Waals surface area contributed by atoms with Gasteiger partial charge in [-0.3, -0.25) is 9.59 Å². The Bertz CT molecular complexity index is 431. The summed E-state index contributed by atoms with van der Waals surface area (Å²) < 4.78 is 28.7. The van der Waals surface area contributed by atoms with Crippen LogP contribution >= 0.6 is 0 Å².